The van der Waals surface area contributed by atoms with Gasteiger partial charge in [0.05, 0.1) is 6.61 Å². The Labute approximate surface area is 131 Å². The van der Waals surface area contributed by atoms with Crippen LogP contribution in [0.15, 0.2) is 16.6 Å². The van der Waals surface area contributed by atoms with Crippen molar-refractivity contribution < 1.29 is 4.74 Å². The van der Waals surface area contributed by atoms with Crippen LogP contribution in [0.3, 0.4) is 0 Å². The molecule has 20 heavy (non-hydrogen) atoms. The van der Waals surface area contributed by atoms with Crippen LogP contribution in [0.4, 0.5) is 0 Å². The molecule has 112 valence electrons. The number of ether oxygens (including phenoxy) is 1. The van der Waals surface area contributed by atoms with Crippen molar-refractivity contribution in [2.75, 3.05) is 6.61 Å². The highest BCUT2D eigenvalue weighted by Crippen LogP contribution is 2.34. The van der Waals surface area contributed by atoms with E-state index in [1.165, 1.54) is 34.9 Å². The molecule has 1 aromatic carbocycles. The molecule has 0 aromatic heterocycles. The van der Waals surface area contributed by atoms with Crippen LogP contribution in [0.25, 0.3) is 0 Å². The lowest BCUT2D eigenvalue weighted by Gasteiger charge is -2.22. The molecule has 1 atom stereocenters. The lowest BCUT2D eigenvalue weighted by atomic mass is 9.98. The summed E-state index contributed by atoms with van der Waals surface area (Å²) in [5, 5.41) is 3.70. The van der Waals surface area contributed by atoms with Gasteiger partial charge in [0, 0.05) is 23.0 Å². The molecule has 1 aromatic rings. The summed E-state index contributed by atoms with van der Waals surface area (Å²) in [6.07, 6.45) is 5.86. The zero-order valence-corrected chi connectivity index (χ0v) is 14.4. The molecule has 0 spiro atoms. The first-order chi connectivity index (χ1) is 9.60. The minimum Gasteiger partial charge on any atom is -0.493 e. The van der Waals surface area contributed by atoms with Crippen LogP contribution >= 0.6 is 15.9 Å². The van der Waals surface area contributed by atoms with Gasteiger partial charge in [-0.3, -0.25) is 0 Å². The average Bonchev–Trinajstić information content (AvgIpc) is 2.83. The van der Waals surface area contributed by atoms with Crippen LogP contribution in [-0.2, 0) is 12.8 Å². The van der Waals surface area contributed by atoms with Gasteiger partial charge in [0.25, 0.3) is 0 Å². The molecule has 0 bridgehead atoms. The van der Waals surface area contributed by atoms with Gasteiger partial charge in [-0.2, -0.15) is 0 Å². The number of hydrogen-bond acceptors (Lipinski definition) is 2. The molecule has 0 saturated carbocycles. The lowest BCUT2D eigenvalue weighted by Crippen LogP contribution is -2.36. The number of fused-ring (bicyclic) bond motifs is 1. The average molecular weight is 340 g/mol. The molecule has 0 aliphatic carbocycles. The number of halogens is 1. The van der Waals surface area contributed by atoms with Crippen molar-refractivity contribution in [2.24, 2.45) is 0 Å². The molecule has 1 aliphatic rings. The third-order valence-corrected chi connectivity index (χ3v) is 4.22. The van der Waals surface area contributed by atoms with E-state index in [4.69, 9.17) is 4.74 Å². The molecule has 2 nitrogen and oxygen atoms in total. The summed E-state index contributed by atoms with van der Waals surface area (Å²) in [7, 11) is 0. The Balaban J connectivity index is 2.13. The van der Waals surface area contributed by atoms with E-state index in [1.54, 1.807) is 0 Å². The van der Waals surface area contributed by atoms with Crippen LogP contribution < -0.4 is 10.1 Å². The number of nitrogens with one attached hydrogen (secondary N) is 1. The van der Waals surface area contributed by atoms with Crippen molar-refractivity contribution in [3.8, 4) is 5.75 Å². The van der Waals surface area contributed by atoms with Gasteiger partial charge in [0.2, 0.25) is 0 Å². The number of rotatable bonds is 7. The zero-order valence-electron chi connectivity index (χ0n) is 12.8. The van der Waals surface area contributed by atoms with E-state index in [9.17, 15) is 0 Å². The van der Waals surface area contributed by atoms with Crippen molar-refractivity contribution in [3.05, 3.63) is 27.7 Å². The van der Waals surface area contributed by atoms with E-state index < -0.39 is 0 Å². The van der Waals surface area contributed by atoms with E-state index in [0.29, 0.717) is 12.1 Å². The molecule has 1 heterocycles. The van der Waals surface area contributed by atoms with Crippen molar-refractivity contribution >= 4 is 15.9 Å². The van der Waals surface area contributed by atoms with Gasteiger partial charge >= 0.3 is 0 Å². The van der Waals surface area contributed by atoms with E-state index >= 15 is 0 Å². The summed E-state index contributed by atoms with van der Waals surface area (Å²) in [6, 6.07) is 5.49. The number of benzene rings is 1. The standard InChI is InChI=1S/C17H26BrNO/c1-4-5-6-16(19-12(2)3)11-14-10-15(18)9-13-7-8-20-17(13)14/h9-10,12,16,19H,4-8,11H2,1-3H3. The van der Waals surface area contributed by atoms with Crippen LogP contribution in [-0.4, -0.2) is 18.7 Å². The fourth-order valence-electron chi connectivity index (χ4n) is 2.93. The monoisotopic (exact) mass is 339 g/mol. The van der Waals surface area contributed by atoms with Crippen molar-refractivity contribution in [3.63, 3.8) is 0 Å². The largest absolute Gasteiger partial charge is 0.493 e. The smallest absolute Gasteiger partial charge is 0.125 e. The molecular formula is C17H26BrNO. The second-order valence-corrected chi connectivity index (χ2v) is 6.93. The van der Waals surface area contributed by atoms with E-state index in [1.807, 2.05) is 0 Å². The molecule has 0 radical (unpaired) electrons. The second kappa shape index (κ2) is 7.46. The molecule has 2 rings (SSSR count). The zero-order chi connectivity index (χ0) is 14.5. The molecule has 0 saturated heterocycles. The van der Waals surface area contributed by atoms with Crippen LogP contribution in [0.5, 0.6) is 5.75 Å². The Morgan fingerprint density at radius 3 is 2.85 bits per heavy atom. The fourth-order valence-corrected chi connectivity index (χ4v) is 3.48. The fraction of sp³-hybridized carbons (Fsp3) is 0.647. The maximum absolute atomic E-state index is 5.85. The quantitative estimate of drug-likeness (QED) is 0.790. The van der Waals surface area contributed by atoms with Gasteiger partial charge in [-0.15, -0.1) is 0 Å². The van der Waals surface area contributed by atoms with E-state index in [2.05, 4.69) is 54.2 Å². The summed E-state index contributed by atoms with van der Waals surface area (Å²) in [5.41, 5.74) is 2.70. The molecule has 0 fully saturated rings. The van der Waals surface area contributed by atoms with E-state index in [-0.39, 0.29) is 0 Å². The minimum atomic E-state index is 0.526. The van der Waals surface area contributed by atoms with Crippen LogP contribution in [0.2, 0.25) is 0 Å². The van der Waals surface area contributed by atoms with Gasteiger partial charge in [0.1, 0.15) is 5.75 Å². The normalized spacial score (nSPS) is 15.2. The van der Waals surface area contributed by atoms with Crippen LogP contribution in [0, 0.1) is 0 Å². The topological polar surface area (TPSA) is 21.3 Å². The molecule has 1 N–H and O–H groups in total. The van der Waals surface area contributed by atoms with Crippen molar-refractivity contribution in [2.45, 2.75) is 65.0 Å². The predicted molar refractivity (Wildman–Crippen MR) is 88.6 cm³/mol. The van der Waals surface area contributed by atoms with Gasteiger partial charge in [0.15, 0.2) is 0 Å². The molecule has 1 unspecified atom stereocenters. The van der Waals surface area contributed by atoms with Crippen molar-refractivity contribution in [1.82, 2.24) is 5.32 Å². The Kier molecular flexibility index (Phi) is 5.91. The highest BCUT2D eigenvalue weighted by Gasteiger charge is 2.20. The first-order valence-corrected chi connectivity index (χ1v) is 8.59. The maximum Gasteiger partial charge on any atom is 0.125 e. The summed E-state index contributed by atoms with van der Waals surface area (Å²) in [6.45, 7) is 7.53. The Hall–Kier alpha value is -0.540. The van der Waals surface area contributed by atoms with Gasteiger partial charge in [-0.25, -0.2) is 0 Å². The first kappa shape index (κ1) is 15.8. The van der Waals surface area contributed by atoms with Crippen LogP contribution in [0.1, 0.15) is 51.2 Å². The predicted octanol–water partition coefficient (Wildman–Crippen LogP) is 4.48. The third-order valence-electron chi connectivity index (χ3n) is 3.77. The number of hydrogen-bond donors (Lipinski definition) is 1. The first-order valence-electron chi connectivity index (χ1n) is 7.80. The van der Waals surface area contributed by atoms with E-state index in [0.717, 1.165) is 25.2 Å². The summed E-state index contributed by atoms with van der Waals surface area (Å²) in [4.78, 5) is 0. The summed E-state index contributed by atoms with van der Waals surface area (Å²) in [5.74, 6) is 1.14. The van der Waals surface area contributed by atoms with Crippen molar-refractivity contribution in [1.29, 1.82) is 0 Å². The Bertz CT molecular complexity index is 445. The summed E-state index contributed by atoms with van der Waals surface area (Å²) >= 11 is 3.63. The number of unbranched alkanes of at least 4 members (excludes halogenated alkanes) is 1. The lowest BCUT2D eigenvalue weighted by molar-refractivity contribution is 0.349. The summed E-state index contributed by atoms with van der Waals surface area (Å²) < 4.78 is 7.02. The SMILES string of the molecule is CCCCC(Cc1cc(Br)cc2c1OCC2)NC(C)C. The molecule has 1 aliphatic heterocycles. The highest BCUT2D eigenvalue weighted by molar-refractivity contribution is 9.10. The molecule has 3 heteroatoms. The molecular weight excluding hydrogens is 314 g/mol. The second-order valence-electron chi connectivity index (χ2n) is 6.02. The third kappa shape index (κ3) is 4.23. The minimum absolute atomic E-state index is 0.526. The Morgan fingerprint density at radius 2 is 2.15 bits per heavy atom. The van der Waals surface area contributed by atoms with Gasteiger partial charge < -0.3 is 10.1 Å². The Morgan fingerprint density at radius 1 is 1.35 bits per heavy atom. The van der Waals surface area contributed by atoms with Gasteiger partial charge in [-0.1, -0.05) is 49.5 Å². The molecule has 0 amide bonds. The van der Waals surface area contributed by atoms with Gasteiger partial charge in [-0.05, 0) is 36.1 Å². The highest BCUT2D eigenvalue weighted by atomic mass is 79.9. The maximum atomic E-state index is 5.85.